The lowest BCUT2D eigenvalue weighted by Crippen LogP contribution is -2.37. The average Bonchev–Trinajstić information content (AvgIpc) is 2.92. The van der Waals surface area contributed by atoms with Gasteiger partial charge in [0.1, 0.15) is 6.33 Å². The molecule has 1 aliphatic carbocycles. The predicted molar refractivity (Wildman–Crippen MR) is 101 cm³/mol. The van der Waals surface area contributed by atoms with Crippen LogP contribution in [0.15, 0.2) is 35.7 Å². The number of aromatic nitrogens is 3. The van der Waals surface area contributed by atoms with Crippen LogP contribution in [0.3, 0.4) is 0 Å². The van der Waals surface area contributed by atoms with Crippen molar-refractivity contribution in [1.29, 1.82) is 0 Å². The number of benzene rings is 1. The molecule has 0 bridgehead atoms. The predicted octanol–water partition coefficient (Wildman–Crippen LogP) is 4.19. The normalized spacial score (nSPS) is 15.8. The Bertz CT molecular complexity index is 713. The Labute approximate surface area is 157 Å². The minimum absolute atomic E-state index is 0.151. The lowest BCUT2D eigenvalue weighted by Gasteiger charge is -2.27. The van der Waals surface area contributed by atoms with Gasteiger partial charge in [0.25, 0.3) is 0 Å². The maximum atomic E-state index is 12.6. The molecule has 0 radical (unpaired) electrons. The Morgan fingerprint density at radius 1 is 1.32 bits per heavy atom. The van der Waals surface area contributed by atoms with Gasteiger partial charge in [0.15, 0.2) is 5.16 Å². The maximum absolute atomic E-state index is 12.6. The highest BCUT2D eigenvalue weighted by atomic mass is 35.5. The van der Waals surface area contributed by atoms with Gasteiger partial charge in [0.2, 0.25) is 5.91 Å². The van der Waals surface area contributed by atoms with Crippen LogP contribution >= 0.6 is 23.4 Å². The van der Waals surface area contributed by atoms with Crippen molar-refractivity contribution in [3.63, 3.8) is 0 Å². The minimum atomic E-state index is 0.151. The number of hydrogen-bond acceptors (Lipinski definition) is 4. The number of nitrogens with zero attached hydrogens (tertiary/aromatic N) is 4. The van der Waals surface area contributed by atoms with Crippen LogP contribution in [-0.4, -0.2) is 44.4 Å². The third-order valence-corrected chi connectivity index (χ3v) is 5.86. The van der Waals surface area contributed by atoms with Crippen molar-refractivity contribution >= 4 is 29.3 Å². The van der Waals surface area contributed by atoms with Gasteiger partial charge in [-0.15, -0.1) is 10.2 Å². The number of thioether (sulfide) groups is 1. The first-order chi connectivity index (χ1) is 12.1. The number of rotatable bonds is 5. The van der Waals surface area contributed by atoms with Crippen molar-refractivity contribution in [2.24, 2.45) is 0 Å². The molecule has 3 rings (SSSR count). The van der Waals surface area contributed by atoms with Gasteiger partial charge < -0.3 is 4.90 Å². The smallest absolute Gasteiger partial charge is 0.233 e. The molecule has 0 N–H and O–H groups in total. The third kappa shape index (κ3) is 4.76. The van der Waals surface area contributed by atoms with Crippen LogP contribution in [-0.2, 0) is 4.79 Å². The molecule has 1 aliphatic rings. The van der Waals surface area contributed by atoms with Gasteiger partial charge in [-0.05, 0) is 31.0 Å². The fraction of sp³-hybridized carbons (Fsp3) is 0.500. The summed E-state index contributed by atoms with van der Waals surface area (Å²) < 4.78 is 1.86. The van der Waals surface area contributed by atoms with E-state index in [2.05, 4.69) is 10.2 Å². The molecule has 1 heterocycles. The van der Waals surface area contributed by atoms with E-state index >= 15 is 0 Å². The molecule has 1 amide bonds. The van der Waals surface area contributed by atoms with E-state index in [4.69, 9.17) is 11.6 Å². The highest BCUT2D eigenvalue weighted by Gasteiger charge is 2.21. The van der Waals surface area contributed by atoms with Gasteiger partial charge in [-0.25, -0.2) is 0 Å². The molecule has 0 unspecified atom stereocenters. The largest absolute Gasteiger partial charge is 0.342 e. The van der Waals surface area contributed by atoms with E-state index in [9.17, 15) is 4.79 Å². The molecule has 7 heteroatoms. The lowest BCUT2D eigenvalue weighted by atomic mass is 10.1. The second kappa shape index (κ2) is 8.72. The summed E-state index contributed by atoms with van der Waals surface area (Å²) >= 11 is 7.48. The van der Waals surface area contributed by atoms with Gasteiger partial charge >= 0.3 is 0 Å². The second-order valence-corrected chi connectivity index (χ2v) is 7.78. The van der Waals surface area contributed by atoms with Crippen molar-refractivity contribution in [1.82, 2.24) is 19.7 Å². The molecule has 2 aromatic rings. The van der Waals surface area contributed by atoms with Crippen LogP contribution in [0.4, 0.5) is 0 Å². The summed E-state index contributed by atoms with van der Waals surface area (Å²) in [5.74, 6) is 0.518. The Morgan fingerprint density at radius 2 is 2.08 bits per heavy atom. The van der Waals surface area contributed by atoms with Crippen molar-refractivity contribution in [3.8, 4) is 5.69 Å². The zero-order valence-electron chi connectivity index (χ0n) is 14.4. The first-order valence-electron chi connectivity index (χ1n) is 8.69. The molecule has 1 aromatic heterocycles. The van der Waals surface area contributed by atoms with Crippen LogP contribution < -0.4 is 0 Å². The van der Waals surface area contributed by atoms with E-state index < -0.39 is 0 Å². The van der Waals surface area contributed by atoms with Gasteiger partial charge in [0, 0.05) is 18.1 Å². The first kappa shape index (κ1) is 18.3. The summed E-state index contributed by atoms with van der Waals surface area (Å²) in [6.45, 7) is 0. The monoisotopic (exact) mass is 378 g/mol. The first-order valence-corrected chi connectivity index (χ1v) is 10.1. The molecule has 5 nitrogen and oxygen atoms in total. The molecule has 0 atom stereocenters. The van der Waals surface area contributed by atoms with E-state index in [-0.39, 0.29) is 5.91 Å². The molecule has 134 valence electrons. The Hall–Kier alpha value is -1.53. The van der Waals surface area contributed by atoms with Gasteiger partial charge in [-0.3, -0.25) is 9.36 Å². The molecule has 1 fully saturated rings. The van der Waals surface area contributed by atoms with E-state index in [1.54, 1.807) is 6.33 Å². The molecular weight excluding hydrogens is 356 g/mol. The number of hydrogen-bond donors (Lipinski definition) is 0. The minimum Gasteiger partial charge on any atom is -0.342 e. The number of halogens is 1. The number of carbonyl (C=O) groups excluding carboxylic acids is 1. The van der Waals surface area contributed by atoms with Crippen molar-refractivity contribution < 1.29 is 4.79 Å². The molecular formula is C18H23ClN4OS. The molecule has 0 aliphatic heterocycles. The Morgan fingerprint density at radius 3 is 2.80 bits per heavy atom. The molecule has 1 aromatic carbocycles. The Balaban J connectivity index is 1.62. The van der Waals surface area contributed by atoms with Gasteiger partial charge in [-0.2, -0.15) is 0 Å². The summed E-state index contributed by atoms with van der Waals surface area (Å²) in [4.78, 5) is 14.5. The topological polar surface area (TPSA) is 51.0 Å². The second-order valence-electron chi connectivity index (χ2n) is 6.40. The molecule has 1 saturated carbocycles. The van der Waals surface area contributed by atoms with Crippen LogP contribution in [0.5, 0.6) is 0 Å². The average molecular weight is 379 g/mol. The fourth-order valence-corrected chi connectivity index (χ4v) is 4.24. The quantitative estimate of drug-likeness (QED) is 0.578. The highest BCUT2D eigenvalue weighted by molar-refractivity contribution is 7.99. The standard InChI is InChI=1S/C18H23ClN4OS/c1-22(15-8-4-2-3-5-9-15)17(24)12-25-18-21-20-13-23(18)16-10-6-7-14(19)11-16/h6-7,10-11,13,15H,2-5,8-9,12H2,1H3. The third-order valence-electron chi connectivity index (χ3n) is 4.69. The zero-order valence-corrected chi connectivity index (χ0v) is 16.0. The molecule has 25 heavy (non-hydrogen) atoms. The molecule has 0 saturated heterocycles. The van der Waals surface area contributed by atoms with E-state index in [0.29, 0.717) is 22.0 Å². The SMILES string of the molecule is CN(C(=O)CSc1nncn1-c1cccc(Cl)c1)C1CCCCCC1. The van der Waals surface area contributed by atoms with E-state index in [1.165, 1.54) is 37.4 Å². The van der Waals surface area contributed by atoms with Crippen molar-refractivity contribution in [2.45, 2.75) is 49.7 Å². The van der Waals surface area contributed by atoms with Crippen LogP contribution in [0.2, 0.25) is 5.02 Å². The van der Waals surface area contributed by atoms with E-state index in [0.717, 1.165) is 18.5 Å². The van der Waals surface area contributed by atoms with Crippen LogP contribution in [0.1, 0.15) is 38.5 Å². The molecule has 0 spiro atoms. The number of carbonyl (C=O) groups is 1. The summed E-state index contributed by atoms with van der Waals surface area (Å²) in [6, 6.07) is 7.89. The van der Waals surface area contributed by atoms with Crippen molar-refractivity contribution in [2.75, 3.05) is 12.8 Å². The summed E-state index contributed by atoms with van der Waals surface area (Å²) in [5, 5.41) is 9.48. The number of amides is 1. The summed E-state index contributed by atoms with van der Waals surface area (Å²) in [7, 11) is 1.93. The maximum Gasteiger partial charge on any atom is 0.233 e. The Kier molecular flexibility index (Phi) is 6.37. The summed E-state index contributed by atoms with van der Waals surface area (Å²) in [6.07, 6.45) is 8.90. The highest BCUT2D eigenvalue weighted by Crippen LogP contribution is 2.24. The van der Waals surface area contributed by atoms with Gasteiger partial charge in [-0.1, -0.05) is 55.1 Å². The van der Waals surface area contributed by atoms with E-state index in [1.807, 2.05) is 40.8 Å². The van der Waals surface area contributed by atoms with Crippen LogP contribution in [0.25, 0.3) is 5.69 Å². The zero-order chi connectivity index (χ0) is 17.6. The fourth-order valence-electron chi connectivity index (χ4n) is 3.20. The van der Waals surface area contributed by atoms with Crippen molar-refractivity contribution in [3.05, 3.63) is 35.6 Å². The lowest BCUT2D eigenvalue weighted by molar-refractivity contribution is -0.129. The van der Waals surface area contributed by atoms with Crippen LogP contribution in [0, 0.1) is 0 Å². The summed E-state index contributed by atoms with van der Waals surface area (Å²) in [5.41, 5.74) is 0.893. The van der Waals surface area contributed by atoms with Gasteiger partial charge in [0.05, 0.1) is 11.4 Å².